The Labute approximate surface area is 332 Å². The quantitative estimate of drug-likeness (QED) is 0.106. The molecule has 2 aromatic heterocycles. The number of hydrogen-bond donors (Lipinski definition) is 1. The number of fused-ring (bicyclic) bond motifs is 1. The van der Waals surface area contributed by atoms with Crippen molar-refractivity contribution in [3.05, 3.63) is 152 Å². The van der Waals surface area contributed by atoms with Gasteiger partial charge in [-0.05, 0) is 97.1 Å². The SMILES string of the molecule is O=C(Nc1ncnc2c1ncn2[C@@H]1O[C@H](COC(=O)c2ccc(Cl)cc2)[C@@H](OC(=O)c2ccc(Cl)cc2)[C@H]1OC(=O)c1ccc(Cl)cc1)c1ccc(Cl)cc1. The first kappa shape index (κ1) is 37.7. The molecule has 1 saturated heterocycles. The van der Waals surface area contributed by atoms with Crippen LogP contribution < -0.4 is 5.32 Å². The normalized spacial score (nSPS) is 17.7. The molecule has 1 amide bonds. The predicted molar refractivity (Wildman–Crippen MR) is 202 cm³/mol. The topological polar surface area (TPSA) is 161 Å². The summed E-state index contributed by atoms with van der Waals surface area (Å²) in [5.74, 6) is -2.76. The van der Waals surface area contributed by atoms with Crippen LogP contribution in [0.25, 0.3) is 11.2 Å². The van der Waals surface area contributed by atoms with Crippen LogP contribution in [0.1, 0.15) is 47.7 Å². The van der Waals surface area contributed by atoms with Gasteiger partial charge in [0.15, 0.2) is 35.4 Å². The fraction of sp³-hybridized carbons (Fsp3) is 0.132. The van der Waals surface area contributed by atoms with E-state index in [-0.39, 0.29) is 33.7 Å². The molecule has 0 bridgehead atoms. The average molecular weight is 821 g/mol. The maximum Gasteiger partial charge on any atom is 0.338 e. The first-order valence-corrected chi connectivity index (χ1v) is 17.8. The van der Waals surface area contributed by atoms with Crippen molar-refractivity contribution in [3.63, 3.8) is 0 Å². The van der Waals surface area contributed by atoms with Gasteiger partial charge < -0.3 is 24.3 Å². The first-order chi connectivity index (χ1) is 26.5. The zero-order valence-corrected chi connectivity index (χ0v) is 31.0. The van der Waals surface area contributed by atoms with Crippen molar-refractivity contribution in [1.29, 1.82) is 0 Å². The number of benzene rings is 4. The monoisotopic (exact) mass is 819 g/mol. The number of esters is 3. The molecule has 0 radical (unpaired) electrons. The van der Waals surface area contributed by atoms with Gasteiger partial charge in [0.25, 0.3) is 5.91 Å². The van der Waals surface area contributed by atoms with Gasteiger partial charge in [0.2, 0.25) is 0 Å². The number of nitrogens with zero attached hydrogens (tertiary/aromatic N) is 4. The summed E-state index contributed by atoms with van der Waals surface area (Å²) in [6.45, 7) is -0.449. The fourth-order valence-corrected chi connectivity index (χ4v) is 6.13. The lowest BCUT2D eigenvalue weighted by Crippen LogP contribution is -2.41. The van der Waals surface area contributed by atoms with E-state index < -0.39 is 55.0 Å². The van der Waals surface area contributed by atoms with Crippen LogP contribution in [0.15, 0.2) is 110 Å². The van der Waals surface area contributed by atoms with Gasteiger partial charge in [-0.1, -0.05) is 46.4 Å². The van der Waals surface area contributed by atoms with Crippen LogP contribution >= 0.6 is 46.4 Å². The molecule has 0 aliphatic carbocycles. The minimum absolute atomic E-state index is 0.0653. The molecule has 7 rings (SSSR count). The largest absolute Gasteiger partial charge is 0.459 e. The van der Waals surface area contributed by atoms with E-state index in [9.17, 15) is 19.2 Å². The van der Waals surface area contributed by atoms with Crippen molar-refractivity contribution < 1.29 is 38.1 Å². The maximum absolute atomic E-state index is 13.7. The predicted octanol–water partition coefficient (Wildman–Crippen LogP) is 7.90. The third kappa shape index (κ3) is 8.56. The minimum Gasteiger partial charge on any atom is -0.459 e. The third-order valence-electron chi connectivity index (χ3n) is 8.36. The highest BCUT2D eigenvalue weighted by molar-refractivity contribution is 6.31. The van der Waals surface area contributed by atoms with Crippen LogP contribution in [0.2, 0.25) is 20.1 Å². The van der Waals surface area contributed by atoms with Crippen molar-refractivity contribution in [2.24, 2.45) is 0 Å². The number of anilines is 1. The number of ether oxygens (including phenoxy) is 4. The van der Waals surface area contributed by atoms with Gasteiger partial charge in [0.05, 0.1) is 23.0 Å². The molecular weight excluding hydrogens is 796 g/mol. The second-order valence-corrected chi connectivity index (χ2v) is 13.7. The van der Waals surface area contributed by atoms with E-state index in [4.69, 9.17) is 65.4 Å². The second-order valence-electron chi connectivity index (χ2n) is 11.9. The molecule has 13 nitrogen and oxygen atoms in total. The molecule has 0 unspecified atom stereocenters. The molecule has 4 atom stereocenters. The molecule has 278 valence electrons. The van der Waals surface area contributed by atoms with Gasteiger partial charge in [-0.25, -0.2) is 29.3 Å². The highest BCUT2D eigenvalue weighted by Gasteiger charge is 2.52. The minimum atomic E-state index is -1.39. The van der Waals surface area contributed by atoms with E-state index in [0.29, 0.717) is 25.7 Å². The van der Waals surface area contributed by atoms with Crippen molar-refractivity contribution in [1.82, 2.24) is 19.5 Å². The molecule has 4 aromatic carbocycles. The number of aromatic nitrogens is 4. The third-order valence-corrected chi connectivity index (χ3v) is 9.37. The van der Waals surface area contributed by atoms with E-state index in [0.717, 1.165) is 0 Å². The number of rotatable bonds is 10. The Kier molecular flexibility index (Phi) is 11.3. The summed E-state index contributed by atoms with van der Waals surface area (Å²) >= 11 is 24.1. The van der Waals surface area contributed by atoms with Gasteiger partial charge in [-0.15, -0.1) is 0 Å². The van der Waals surface area contributed by atoms with Gasteiger partial charge in [0.1, 0.15) is 19.0 Å². The molecule has 6 aromatic rings. The smallest absolute Gasteiger partial charge is 0.338 e. The van der Waals surface area contributed by atoms with Gasteiger partial charge in [-0.2, -0.15) is 0 Å². The van der Waals surface area contributed by atoms with Gasteiger partial charge in [0, 0.05) is 25.7 Å². The molecule has 3 heterocycles. The number of carbonyl (C=O) groups excluding carboxylic acids is 4. The summed E-state index contributed by atoms with van der Waals surface area (Å²) in [7, 11) is 0. The number of amides is 1. The highest BCUT2D eigenvalue weighted by Crippen LogP contribution is 2.37. The molecule has 1 aliphatic heterocycles. The summed E-state index contributed by atoms with van der Waals surface area (Å²) in [6, 6.07) is 24.2. The van der Waals surface area contributed by atoms with Crippen molar-refractivity contribution in [3.8, 4) is 0 Å². The first-order valence-electron chi connectivity index (χ1n) is 16.3. The summed E-state index contributed by atoms with van der Waals surface area (Å²) in [4.78, 5) is 66.5. The fourth-order valence-electron chi connectivity index (χ4n) is 5.63. The van der Waals surface area contributed by atoms with Crippen LogP contribution in [0.5, 0.6) is 0 Å². The number of carbonyl (C=O) groups is 4. The molecule has 1 fully saturated rings. The maximum atomic E-state index is 13.7. The molecule has 17 heteroatoms. The highest BCUT2D eigenvalue weighted by atomic mass is 35.5. The Hall–Kier alpha value is -5.57. The van der Waals surface area contributed by atoms with Crippen molar-refractivity contribution in [2.45, 2.75) is 24.5 Å². The van der Waals surface area contributed by atoms with E-state index in [1.807, 2.05) is 0 Å². The van der Waals surface area contributed by atoms with Gasteiger partial charge in [-0.3, -0.25) is 9.36 Å². The van der Waals surface area contributed by atoms with Crippen molar-refractivity contribution >= 4 is 87.2 Å². The number of halogens is 4. The molecule has 1 N–H and O–H groups in total. The molecular formula is C38H25Cl4N5O8. The van der Waals surface area contributed by atoms with E-state index in [1.165, 1.54) is 90.0 Å². The Morgan fingerprint density at radius 1 is 0.618 bits per heavy atom. The zero-order chi connectivity index (χ0) is 38.6. The summed E-state index contributed by atoms with van der Waals surface area (Å²) < 4.78 is 25.5. The van der Waals surface area contributed by atoms with Gasteiger partial charge >= 0.3 is 17.9 Å². The Balaban J connectivity index is 1.25. The van der Waals surface area contributed by atoms with Crippen LogP contribution in [-0.4, -0.2) is 68.3 Å². The summed E-state index contributed by atoms with van der Waals surface area (Å²) in [5, 5.41) is 4.37. The Morgan fingerprint density at radius 2 is 1.09 bits per heavy atom. The summed E-state index contributed by atoms with van der Waals surface area (Å²) in [5.41, 5.74) is 1.09. The van der Waals surface area contributed by atoms with E-state index in [2.05, 4.69) is 20.3 Å². The lowest BCUT2D eigenvalue weighted by Gasteiger charge is -2.25. The Bertz CT molecular complexity index is 2380. The molecule has 55 heavy (non-hydrogen) atoms. The van der Waals surface area contributed by atoms with Crippen LogP contribution in [0.4, 0.5) is 5.82 Å². The zero-order valence-electron chi connectivity index (χ0n) is 28.0. The second kappa shape index (κ2) is 16.4. The number of imidazole rings is 1. The standard InChI is InChI=1S/C38H25Cl4N5O8/c39-24-9-1-20(2-10-24)34(48)46-32-29-33(44-18-43-32)47(19-45-29)35-31(55-38(51)23-7-15-27(42)16-8-23)30(54-37(50)22-5-13-26(41)14-6-22)28(53-35)17-52-36(49)21-3-11-25(40)12-4-21/h1-16,18-19,28,30-31,35H,17H2,(H,43,44,46,48)/t28-,30-,31-,35-/m1/s1. The Morgan fingerprint density at radius 3 is 1.62 bits per heavy atom. The van der Waals surface area contributed by atoms with E-state index >= 15 is 0 Å². The van der Waals surface area contributed by atoms with E-state index in [1.54, 1.807) is 24.3 Å². The van der Waals surface area contributed by atoms with Crippen LogP contribution in [0.3, 0.4) is 0 Å². The molecule has 1 aliphatic rings. The molecule has 0 saturated carbocycles. The number of hydrogen-bond acceptors (Lipinski definition) is 11. The average Bonchev–Trinajstić information content (AvgIpc) is 3.76. The lowest BCUT2D eigenvalue weighted by molar-refractivity contribution is -0.0606. The van der Waals surface area contributed by atoms with Crippen LogP contribution in [0, 0.1) is 0 Å². The number of nitrogens with one attached hydrogen (secondary N) is 1. The summed E-state index contributed by atoms with van der Waals surface area (Å²) in [6.07, 6.45) is -2.71. The molecule has 0 spiro atoms. The van der Waals surface area contributed by atoms with Crippen molar-refractivity contribution in [2.75, 3.05) is 11.9 Å². The van der Waals surface area contributed by atoms with Crippen LogP contribution in [-0.2, 0) is 18.9 Å². The lowest BCUT2D eigenvalue weighted by atomic mass is 10.1.